The molecule has 6 heteroatoms. The van der Waals surface area contributed by atoms with Crippen LogP contribution in [-0.4, -0.2) is 41.2 Å². The van der Waals surface area contributed by atoms with Gasteiger partial charge in [0.15, 0.2) is 16.1 Å². The minimum absolute atomic E-state index is 0.176. The average molecular weight is 287 g/mol. The number of hydrogen-bond donors (Lipinski definition) is 1. The van der Waals surface area contributed by atoms with Gasteiger partial charge in [-0.05, 0) is 30.7 Å². The number of methoxy groups -OCH3 is 2. The Labute approximate surface area is 114 Å². The first-order valence-electron chi connectivity index (χ1n) is 6.15. The quantitative estimate of drug-likeness (QED) is 0.740. The Morgan fingerprint density at radius 3 is 2.21 bits per heavy atom. The lowest BCUT2D eigenvalue weighted by molar-refractivity contribution is -0.0914. The monoisotopic (exact) mass is 287 g/mol. The Hall–Kier alpha value is -1.11. The van der Waals surface area contributed by atoms with Gasteiger partial charge in [-0.3, -0.25) is 0 Å². The fourth-order valence-electron chi connectivity index (χ4n) is 1.63. The molecule has 5 nitrogen and oxygen atoms in total. The van der Waals surface area contributed by atoms with Crippen molar-refractivity contribution in [2.24, 2.45) is 0 Å². The first kappa shape index (κ1) is 15.9. The van der Waals surface area contributed by atoms with Crippen LogP contribution in [0.25, 0.3) is 0 Å². The molecule has 1 aromatic rings. The predicted molar refractivity (Wildman–Crippen MR) is 75.1 cm³/mol. The molecule has 1 aromatic carbocycles. The molecule has 0 saturated heterocycles. The minimum Gasteiger partial charge on any atom is -0.380 e. The second-order valence-corrected chi connectivity index (χ2v) is 6.23. The molecule has 108 valence electrons. The van der Waals surface area contributed by atoms with Gasteiger partial charge in [0.25, 0.3) is 0 Å². The maximum absolute atomic E-state index is 11.8. The van der Waals surface area contributed by atoms with Crippen LogP contribution in [0.3, 0.4) is 0 Å². The Morgan fingerprint density at radius 1 is 1.16 bits per heavy atom. The van der Waals surface area contributed by atoms with Crippen molar-refractivity contribution in [2.45, 2.75) is 24.5 Å². The molecule has 0 amide bonds. The molecule has 19 heavy (non-hydrogen) atoms. The molecule has 0 bridgehead atoms. The van der Waals surface area contributed by atoms with E-state index in [4.69, 9.17) is 9.47 Å². The number of ether oxygens (including phenoxy) is 2. The SMILES string of the molecule is CCCS(=O)(=O)c1ccc(NCC(OC)OC)cc1. The van der Waals surface area contributed by atoms with Crippen molar-refractivity contribution in [1.29, 1.82) is 0 Å². The van der Waals surface area contributed by atoms with Gasteiger partial charge in [-0.15, -0.1) is 0 Å². The fourth-order valence-corrected chi connectivity index (χ4v) is 2.95. The van der Waals surface area contributed by atoms with Crippen molar-refractivity contribution in [2.75, 3.05) is 31.8 Å². The third-order valence-electron chi connectivity index (χ3n) is 2.68. The normalized spacial score (nSPS) is 11.8. The molecule has 1 rings (SSSR count). The number of sulfone groups is 1. The topological polar surface area (TPSA) is 64.6 Å². The van der Waals surface area contributed by atoms with E-state index in [-0.39, 0.29) is 12.0 Å². The van der Waals surface area contributed by atoms with Crippen molar-refractivity contribution >= 4 is 15.5 Å². The van der Waals surface area contributed by atoms with Gasteiger partial charge in [0.05, 0.1) is 17.2 Å². The largest absolute Gasteiger partial charge is 0.380 e. The summed E-state index contributed by atoms with van der Waals surface area (Å²) in [5.41, 5.74) is 0.828. The molecule has 0 aromatic heterocycles. The van der Waals surface area contributed by atoms with E-state index in [0.29, 0.717) is 17.9 Å². The zero-order valence-electron chi connectivity index (χ0n) is 11.5. The summed E-state index contributed by atoms with van der Waals surface area (Å²) in [7, 11) is -0.0134. The zero-order valence-corrected chi connectivity index (χ0v) is 12.4. The molecular weight excluding hydrogens is 266 g/mol. The molecule has 0 unspecified atom stereocenters. The van der Waals surface area contributed by atoms with E-state index < -0.39 is 9.84 Å². The van der Waals surface area contributed by atoms with Crippen LogP contribution >= 0.6 is 0 Å². The number of hydrogen-bond acceptors (Lipinski definition) is 5. The Balaban J connectivity index is 2.67. The number of rotatable bonds is 8. The van der Waals surface area contributed by atoms with E-state index in [2.05, 4.69) is 5.32 Å². The summed E-state index contributed by atoms with van der Waals surface area (Å²) in [5.74, 6) is 0.176. The third-order valence-corrected chi connectivity index (χ3v) is 4.62. The van der Waals surface area contributed by atoms with Crippen LogP contribution in [0.15, 0.2) is 29.2 Å². The fraction of sp³-hybridized carbons (Fsp3) is 0.538. The van der Waals surface area contributed by atoms with Crippen molar-refractivity contribution in [3.8, 4) is 0 Å². The third kappa shape index (κ3) is 4.81. The van der Waals surface area contributed by atoms with Crippen molar-refractivity contribution < 1.29 is 17.9 Å². The molecule has 1 N–H and O–H groups in total. The predicted octanol–water partition coefficient (Wildman–Crippen LogP) is 1.90. The van der Waals surface area contributed by atoms with E-state index in [1.54, 1.807) is 38.5 Å². The van der Waals surface area contributed by atoms with Gasteiger partial charge in [0, 0.05) is 19.9 Å². The lowest BCUT2D eigenvalue weighted by Gasteiger charge is -2.15. The van der Waals surface area contributed by atoms with Crippen molar-refractivity contribution in [3.63, 3.8) is 0 Å². The first-order valence-corrected chi connectivity index (χ1v) is 7.81. The van der Waals surface area contributed by atoms with E-state index >= 15 is 0 Å². The summed E-state index contributed by atoms with van der Waals surface area (Å²) < 4.78 is 33.8. The Bertz CT molecular complexity index is 466. The van der Waals surface area contributed by atoms with Crippen LogP contribution in [0.4, 0.5) is 5.69 Å². The summed E-state index contributed by atoms with van der Waals surface area (Å²) in [6, 6.07) is 6.71. The lowest BCUT2D eigenvalue weighted by Crippen LogP contribution is -2.23. The van der Waals surface area contributed by atoms with Crippen LogP contribution in [0.2, 0.25) is 0 Å². The molecular formula is C13H21NO4S. The second-order valence-electron chi connectivity index (χ2n) is 4.13. The maximum Gasteiger partial charge on any atom is 0.178 e. The smallest absolute Gasteiger partial charge is 0.178 e. The van der Waals surface area contributed by atoms with Gasteiger partial charge in [-0.1, -0.05) is 6.92 Å². The van der Waals surface area contributed by atoms with Crippen molar-refractivity contribution in [3.05, 3.63) is 24.3 Å². The van der Waals surface area contributed by atoms with Gasteiger partial charge < -0.3 is 14.8 Å². The highest BCUT2D eigenvalue weighted by Crippen LogP contribution is 2.16. The Morgan fingerprint density at radius 2 is 1.74 bits per heavy atom. The second kappa shape index (κ2) is 7.47. The van der Waals surface area contributed by atoms with Gasteiger partial charge in [-0.2, -0.15) is 0 Å². The maximum atomic E-state index is 11.8. The highest BCUT2D eigenvalue weighted by atomic mass is 32.2. The number of anilines is 1. The summed E-state index contributed by atoms with van der Waals surface area (Å²) in [6.45, 7) is 2.34. The van der Waals surface area contributed by atoms with Crippen LogP contribution in [0, 0.1) is 0 Å². The summed E-state index contributed by atoms with van der Waals surface area (Å²) >= 11 is 0. The average Bonchev–Trinajstić information content (AvgIpc) is 2.40. The molecule has 0 saturated carbocycles. The van der Waals surface area contributed by atoms with E-state index in [1.165, 1.54) is 0 Å². The lowest BCUT2D eigenvalue weighted by atomic mass is 10.3. The minimum atomic E-state index is -3.14. The van der Waals surface area contributed by atoms with Gasteiger partial charge in [-0.25, -0.2) is 8.42 Å². The van der Waals surface area contributed by atoms with Crippen LogP contribution < -0.4 is 5.32 Å². The molecule has 0 radical (unpaired) electrons. The number of benzene rings is 1. The summed E-state index contributed by atoms with van der Waals surface area (Å²) in [6.07, 6.45) is 0.287. The van der Waals surface area contributed by atoms with Gasteiger partial charge in [0.1, 0.15) is 0 Å². The molecule has 0 heterocycles. The van der Waals surface area contributed by atoms with E-state index in [9.17, 15) is 8.42 Å². The van der Waals surface area contributed by atoms with E-state index in [1.807, 2.05) is 6.92 Å². The highest BCUT2D eigenvalue weighted by molar-refractivity contribution is 7.91. The van der Waals surface area contributed by atoms with E-state index in [0.717, 1.165) is 5.69 Å². The first-order chi connectivity index (χ1) is 9.03. The molecule has 0 aliphatic heterocycles. The standard InChI is InChI=1S/C13H21NO4S/c1-4-9-19(15,16)12-7-5-11(6-8-12)14-10-13(17-2)18-3/h5-8,13-14H,4,9-10H2,1-3H3. The van der Waals surface area contributed by atoms with Crippen LogP contribution in [-0.2, 0) is 19.3 Å². The van der Waals surface area contributed by atoms with Gasteiger partial charge in [0.2, 0.25) is 0 Å². The van der Waals surface area contributed by atoms with Crippen molar-refractivity contribution in [1.82, 2.24) is 0 Å². The van der Waals surface area contributed by atoms with Crippen LogP contribution in [0.5, 0.6) is 0 Å². The molecule has 0 fully saturated rings. The molecule has 0 aliphatic carbocycles. The highest BCUT2D eigenvalue weighted by Gasteiger charge is 2.12. The van der Waals surface area contributed by atoms with Gasteiger partial charge >= 0.3 is 0 Å². The summed E-state index contributed by atoms with van der Waals surface area (Å²) in [4.78, 5) is 0.356. The van der Waals surface area contributed by atoms with Crippen LogP contribution in [0.1, 0.15) is 13.3 Å². The zero-order chi connectivity index (χ0) is 14.3. The summed E-state index contributed by atoms with van der Waals surface area (Å²) in [5, 5.41) is 3.11. The molecule has 0 aliphatic rings. The molecule has 0 spiro atoms. The number of nitrogens with one attached hydrogen (secondary N) is 1. The Kier molecular flexibility index (Phi) is 6.27. The molecule has 0 atom stereocenters.